The maximum atomic E-state index is 13.0. The Labute approximate surface area is 163 Å². The summed E-state index contributed by atoms with van der Waals surface area (Å²) in [5.74, 6) is -0.962. The van der Waals surface area contributed by atoms with Gasteiger partial charge in [0.25, 0.3) is 10.0 Å². The number of nitrogens with zero attached hydrogens (tertiary/aromatic N) is 1. The van der Waals surface area contributed by atoms with Gasteiger partial charge in [0, 0.05) is 0 Å². The summed E-state index contributed by atoms with van der Waals surface area (Å²) in [5, 5.41) is 0.0222. The van der Waals surface area contributed by atoms with E-state index in [1.165, 1.54) is 6.07 Å². The maximum absolute atomic E-state index is 13.0. The smallest absolute Gasteiger partial charge is 0.416 e. The molecule has 0 aliphatic rings. The second-order valence-corrected chi connectivity index (χ2v) is 7.89. The summed E-state index contributed by atoms with van der Waals surface area (Å²) in [6.07, 6.45) is -4.69. The Kier molecular flexibility index (Phi) is 6.28. The number of carbonyl (C=O) groups excluding carboxylic acids is 1. The number of esters is 1. The van der Waals surface area contributed by atoms with Crippen LogP contribution in [-0.2, 0) is 25.7 Å². The SMILES string of the molecule is COC(=O)CN(c1cccc(C(F)(F)F)c1)S(=O)(=O)c1ccc(Cl)c(Cl)c1. The fourth-order valence-electron chi connectivity index (χ4n) is 2.10. The van der Waals surface area contributed by atoms with Gasteiger partial charge in [0.05, 0.1) is 33.3 Å². The standard InChI is InChI=1S/C16H12Cl2F3NO4S/c1-26-15(23)9-22(11-4-2-3-10(7-11)16(19,20)21)27(24,25)12-5-6-13(17)14(18)8-12/h2-8H,9H2,1H3. The number of rotatable bonds is 5. The van der Waals surface area contributed by atoms with E-state index in [9.17, 15) is 26.4 Å². The molecule has 146 valence electrons. The van der Waals surface area contributed by atoms with Gasteiger partial charge in [-0.1, -0.05) is 29.3 Å². The van der Waals surface area contributed by atoms with Crippen molar-refractivity contribution < 1.29 is 31.1 Å². The quantitative estimate of drug-likeness (QED) is 0.645. The Bertz CT molecular complexity index is 964. The Hall–Kier alpha value is -1.97. The molecule has 0 amide bonds. The van der Waals surface area contributed by atoms with Gasteiger partial charge >= 0.3 is 12.1 Å². The van der Waals surface area contributed by atoms with Crippen LogP contribution in [0.25, 0.3) is 0 Å². The average molecular weight is 442 g/mol. The molecule has 0 aliphatic heterocycles. The maximum Gasteiger partial charge on any atom is 0.416 e. The van der Waals surface area contributed by atoms with E-state index < -0.39 is 34.3 Å². The summed E-state index contributed by atoms with van der Waals surface area (Å²) in [4.78, 5) is 11.3. The highest BCUT2D eigenvalue weighted by Gasteiger charge is 2.33. The van der Waals surface area contributed by atoms with Crippen LogP contribution in [0.1, 0.15) is 5.56 Å². The molecule has 0 radical (unpaired) electrons. The van der Waals surface area contributed by atoms with Gasteiger partial charge in [-0.15, -0.1) is 0 Å². The van der Waals surface area contributed by atoms with Crippen LogP contribution in [-0.4, -0.2) is 28.0 Å². The summed E-state index contributed by atoms with van der Waals surface area (Å²) in [6, 6.07) is 6.96. The van der Waals surface area contributed by atoms with E-state index in [2.05, 4.69) is 4.74 Å². The van der Waals surface area contributed by atoms with Crippen LogP contribution in [0.5, 0.6) is 0 Å². The molecule has 0 aliphatic carbocycles. The van der Waals surface area contributed by atoms with Crippen molar-refractivity contribution in [2.75, 3.05) is 18.0 Å². The van der Waals surface area contributed by atoms with Gasteiger partial charge in [0.15, 0.2) is 0 Å². The number of halogens is 5. The highest BCUT2D eigenvalue weighted by atomic mass is 35.5. The number of hydrogen-bond acceptors (Lipinski definition) is 4. The summed E-state index contributed by atoms with van der Waals surface area (Å²) in [7, 11) is -3.41. The minimum atomic E-state index is -4.69. The molecule has 0 spiro atoms. The first-order valence-corrected chi connectivity index (χ1v) is 9.38. The second kappa shape index (κ2) is 7.95. The molecule has 5 nitrogen and oxygen atoms in total. The van der Waals surface area contributed by atoms with Gasteiger partial charge in [0.2, 0.25) is 0 Å². The van der Waals surface area contributed by atoms with Crippen molar-refractivity contribution >= 4 is 44.9 Å². The summed E-state index contributed by atoms with van der Waals surface area (Å²) in [6.45, 7) is -0.833. The normalized spacial score (nSPS) is 11.9. The number of sulfonamides is 1. The van der Waals surface area contributed by atoms with E-state index in [4.69, 9.17) is 23.2 Å². The van der Waals surface area contributed by atoms with Gasteiger partial charge in [-0.05, 0) is 36.4 Å². The zero-order chi connectivity index (χ0) is 20.4. The molecule has 0 saturated heterocycles. The number of ether oxygens (including phenoxy) is 1. The number of alkyl halides is 3. The molecule has 0 unspecified atom stereocenters. The largest absolute Gasteiger partial charge is 0.468 e. The molecule has 2 aromatic carbocycles. The molecule has 0 aromatic heterocycles. The molecular formula is C16H12Cl2F3NO4S. The zero-order valence-corrected chi connectivity index (χ0v) is 16.0. The molecule has 0 saturated carbocycles. The van der Waals surface area contributed by atoms with Crippen molar-refractivity contribution in [3.8, 4) is 0 Å². The van der Waals surface area contributed by atoms with E-state index in [-0.39, 0.29) is 20.6 Å². The average Bonchev–Trinajstić information content (AvgIpc) is 2.60. The second-order valence-electron chi connectivity index (χ2n) is 5.21. The summed E-state index contributed by atoms with van der Waals surface area (Å²) < 4.78 is 69.8. The Morgan fingerprint density at radius 3 is 2.33 bits per heavy atom. The topological polar surface area (TPSA) is 63.7 Å². The minimum Gasteiger partial charge on any atom is -0.468 e. The van der Waals surface area contributed by atoms with Gasteiger partial charge in [-0.2, -0.15) is 13.2 Å². The molecule has 0 fully saturated rings. The lowest BCUT2D eigenvalue weighted by Crippen LogP contribution is -2.36. The van der Waals surface area contributed by atoms with Gasteiger partial charge in [-0.3, -0.25) is 9.10 Å². The van der Waals surface area contributed by atoms with Crippen molar-refractivity contribution in [1.82, 2.24) is 0 Å². The Balaban J connectivity index is 2.61. The van der Waals surface area contributed by atoms with Gasteiger partial charge in [-0.25, -0.2) is 8.42 Å². The molecular weight excluding hydrogens is 430 g/mol. The number of benzene rings is 2. The van der Waals surface area contributed by atoms with E-state index in [1.54, 1.807) is 0 Å². The van der Waals surface area contributed by atoms with Crippen LogP contribution >= 0.6 is 23.2 Å². The van der Waals surface area contributed by atoms with Crippen molar-refractivity contribution in [3.05, 3.63) is 58.1 Å². The van der Waals surface area contributed by atoms with Crippen LogP contribution in [0.3, 0.4) is 0 Å². The molecule has 0 atom stereocenters. The van der Waals surface area contributed by atoms with E-state index in [1.807, 2.05) is 0 Å². The van der Waals surface area contributed by atoms with Crippen molar-refractivity contribution in [2.45, 2.75) is 11.1 Å². The zero-order valence-electron chi connectivity index (χ0n) is 13.6. The number of methoxy groups -OCH3 is 1. The van der Waals surface area contributed by atoms with Crippen molar-refractivity contribution in [2.24, 2.45) is 0 Å². The van der Waals surface area contributed by atoms with E-state index in [0.717, 1.165) is 37.4 Å². The van der Waals surface area contributed by atoms with E-state index >= 15 is 0 Å². The highest BCUT2D eigenvalue weighted by molar-refractivity contribution is 7.92. The van der Waals surface area contributed by atoms with Crippen LogP contribution in [0, 0.1) is 0 Å². The van der Waals surface area contributed by atoms with Crippen LogP contribution in [0.2, 0.25) is 10.0 Å². The number of hydrogen-bond donors (Lipinski definition) is 0. The molecule has 2 rings (SSSR count). The molecule has 0 heterocycles. The number of anilines is 1. The summed E-state index contributed by atoms with van der Waals surface area (Å²) >= 11 is 11.6. The number of carbonyl (C=O) groups is 1. The third kappa shape index (κ3) is 4.85. The predicted octanol–water partition coefficient (Wildman–Crippen LogP) is 4.38. The summed E-state index contributed by atoms with van der Waals surface area (Å²) in [5.41, 5.74) is -1.43. The first-order chi connectivity index (χ1) is 12.5. The molecule has 2 aromatic rings. The molecule has 27 heavy (non-hydrogen) atoms. The molecule has 0 bridgehead atoms. The lowest BCUT2D eigenvalue weighted by molar-refractivity contribution is -0.139. The molecule has 0 N–H and O–H groups in total. The predicted molar refractivity (Wildman–Crippen MR) is 94.5 cm³/mol. The Morgan fingerprint density at radius 1 is 1.11 bits per heavy atom. The van der Waals surface area contributed by atoms with Crippen molar-refractivity contribution in [1.29, 1.82) is 0 Å². The monoisotopic (exact) mass is 441 g/mol. The highest BCUT2D eigenvalue weighted by Crippen LogP contribution is 2.34. The lowest BCUT2D eigenvalue weighted by atomic mass is 10.2. The Morgan fingerprint density at radius 2 is 1.78 bits per heavy atom. The van der Waals surface area contributed by atoms with Gasteiger partial charge < -0.3 is 4.74 Å². The third-order valence-electron chi connectivity index (χ3n) is 3.44. The first-order valence-electron chi connectivity index (χ1n) is 7.18. The first kappa shape index (κ1) is 21.3. The fraction of sp³-hybridized carbons (Fsp3) is 0.188. The molecule has 11 heteroatoms. The fourth-order valence-corrected chi connectivity index (χ4v) is 3.89. The van der Waals surface area contributed by atoms with Crippen LogP contribution < -0.4 is 4.31 Å². The minimum absolute atomic E-state index is 0.0696. The third-order valence-corrected chi connectivity index (χ3v) is 5.95. The van der Waals surface area contributed by atoms with Crippen LogP contribution in [0.4, 0.5) is 18.9 Å². The van der Waals surface area contributed by atoms with E-state index in [0.29, 0.717) is 10.4 Å². The lowest BCUT2D eigenvalue weighted by Gasteiger charge is -2.24. The van der Waals surface area contributed by atoms with Gasteiger partial charge in [0.1, 0.15) is 6.54 Å². The van der Waals surface area contributed by atoms with Crippen LogP contribution in [0.15, 0.2) is 47.4 Å². The van der Waals surface area contributed by atoms with Crippen molar-refractivity contribution in [3.63, 3.8) is 0 Å².